The quantitative estimate of drug-likeness (QED) is 0.707. The van der Waals surface area contributed by atoms with Gasteiger partial charge >= 0.3 is 0 Å². The number of aromatic nitrogens is 1. The summed E-state index contributed by atoms with van der Waals surface area (Å²) < 4.78 is 20.7. The van der Waals surface area contributed by atoms with Crippen LogP contribution in [0.2, 0.25) is 5.02 Å². The van der Waals surface area contributed by atoms with Crippen LogP contribution in [0.4, 0.5) is 0 Å². The minimum Gasteiger partial charge on any atom is -0.314 e. The normalized spacial score (nSPS) is 15.5. The lowest BCUT2D eigenvalue weighted by Gasteiger charge is -1.97. The second-order valence-electron chi connectivity index (χ2n) is 1.82. The summed E-state index contributed by atoms with van der Waals surface area (Å²) in [7, 11) is 0. The van der Waals surface area contributed by atoms with E-state index in [2.05, 4.69) is 10.3 Å². The highest BCUT2D eigenvalue weighted by molar-refractivity contribution is 6.30. The first-order valence-corrected chi connectivity index (χ1v) is 3.21. The van der Waals surface area contributed by atoms with Gasteiger partial charge in [0.25, 0.3) is 0 Å². The first kappa shape index (κ1) is 4.31. The number of rotatable bonds is 2. The van der Waals surface area contributed by atoms with Crippen molar-refractivity contribution < 1.29 is 4.11 Å². The molecule has 0 spiro atoms. The Morgan fingerprint density at radius 2 is 2.80 bits per heavy atom. The zero-order chi connectivity index (χ0) is 9.90. The highest BCUT2D eigenvalue weighted by atomic mass is 35.5. The molecule has 1 aromatic rings. The molecule has 3 heteroatoms. The van der Waals surface area contributed by atoms with Crippen LogP contribution in [-0.4, -0.2) is 12.0 Å². The van der Waals surface area contributed by atoms with Crippen molar-refractivity contribution in [3.8, 4) is 0 Å². The van der Waals surface area contributed by atoms with Crippen LogP contribution in [0, 0.1) is 0 Å². The van der Waals surface area contributed by atoms with Gasteiger partial charge in [0.05, 0.1) is 5.69 Å². The van der Waals surface area contributed by atoms with Crippen LogP contribution in [0.5, 0.6) is 0 Å². The Balaban J connectivity index is 2.55. The molecule has 0 atom stereocenters. The van der Waals surface area contributed by atoms with E-state index >= 15 is 0 Å². The average molecular weight is 160 g/mol. The highest BCUT2D eigenvalue weighted by Crippen LogP contribution is 2.06. The number of nitrogens with one attached hydrogen (secondary N) is 1. The van der Waals surface area contributed by atoms with E-state index in [9.17, 15) is 0 Å². The van der Waals surface area contributed by atoms with Crippen LogP contribution in [0.3, 0.4) is 0 Å². The first-order valence-electron chi connectivity index (χ1n) is 4.33. The maximum Gasteiger partial charge on any atom is 0.0556 e. The Hall–Kier alpha value is -0.600. The van der Waals surface area contributed by atoms with E-state index in [0.29, 0.717) is 10.7 Å². The zero-order valence-corrected chi connectivity index (χ0v) is 6.02. The Bertz CT molecular complexity index is 287. The highest BCUT2D eigenvalue weighted by Gasteiger charge is 1.91. The van der Waals surface area contributed by atoms with E-state index in [1.807, 2.05) is 0 Å². The van der Waals surface area contributed by atoms with Gasteiger partial charge in [0.1, 0.15) is 0 Å². The number of pyridine rings is 1. The monoisotopic (exact) mass is 159 g/mol. The minimum absolute atomic E-state index is 0.192. The minimum atomic E-state index is -2.13. The lowest BCUT2D eigenvalue weighted by molar-refractivity contribution is 0.791. The molecule has 0 unspecified atom stereocenters. The molecule has 0 fully saturated rings. The molecule has 0 saturated heterocycles. The fourth-order valence-electron chi connectivity index (χ4n) is 0.636. The Morgan fingerprint density at radius 3 is 3.50 bits per heavy atom. The number of halogens is 1. The van der Waals surface area contributed by atoms with Crippen LogP contribution < -0.4 is 5.32 Å². The van der Waals surface area contributed by atoms with Crippen LogP contribution >= 0.6 is 11.6 Å². The van der Waals surface area contributed by atoms with E-state index in [1.165, 1.54) is 0 Å². The molecule has 10 heavy (non-hydrogen) atoms. The molecule has 2 nitrogen and oxygen atoms in total. The maximum atomic E-state index is 6.90. The van der Waals surface area contributed by atoms with Gasteiger partial charge in [-0.2, -0.15) is 0 Å². The molecule has 1 N–H and O–H groups in total. The van der Waals surface area contributed by atoms with Crippen LogP contribution in [0.1, 0.15) is 9.81 Å². The van der Waals surface area contributed by atoms with Crippen LogP contribution in [0.15, 0.2) is 18.3 Å². The molecule has 54 valence electrons. The second kappa shape index (κ2) is 3.54. The van der Waals surface area contributed by atoms with Crippen molar-refractivity contribution in [3.63, 3.8) is 0 Å². The molecule has 0 saturated carbocycles. The molecular weight excluding hydrogens is 148 g/mol. The van der Waals surface area contributed by atoms with Crippen molar-refractivity contribution >= 4 is 11.6 Å². The lowest BCUT2D eigenvalue weighted by atomic mass is 10.3. The van der Waals surface area contributed by atoms with Crippen molar-refractivity contribution in [1.29, 1.82) is 0 Å². The lowest BCUT2D eigenvalue weighted by Crippen LogP contribution is -2.06. The summed E-state index contributed by atoms with van der Waals surface area (Å²) in [5, 5.41) is 2.90. The summed E-state index contributed by atoms with van der Waals surface area (Å²) in [5.74, 6) is 0. The number of nitrogens with zero attached hydrogens (tertiary/aromatic N) is 1. The summed E-state index contributed by atoms with van der Waals surface area (Å²) >= 11 is 5.69. The molecule has 0 aliphatic heterocycles. The predicted molar refractivity (Wildman–Crippen MR) is 42.0 cm³/mol. The van der Waals surface area contributed by atoms with Gasteiger partial charge in [-0.05, 0) is 19.1 Å². The smallest absolute Gasteiger partial charge is 0.0556 e. The van der Waals surface area contributed by atoms with Gasteiger partial charge in [-0.15, -0.1) is 0 Å². The largest absolute Gasteiger partial charge is 0.314 e. The van der Waals surface area contributed by atoms with Crippen molar-refractivity contribution in [2.75, 3.05) is 6.98 Å². The molecule has 0 aliphatic rings. The standard InChI is InChI=1S/C7H9ClN2/c1-9-5-7-4-6(8)2-3-10-7/h2-4,9H,5H2,1H3/i1D3. The van der Waals surface area contributed by atoms with Crippen molar-refractivity contribution in [3.05, 3.63) is 29.0 Å². The van der Waals surface area contributed by atoms with Gasteiger partial charge in [-0.25, -0.2) is 0 Å². The first-order chi connectivity index (χ1) is 5.97. The molecule has 0 aromatic carbocycles. The molecular formula is C7H9ClN2. The Labute approximate surface area is 69.4 Å². The fourth-order valence-corrected chi connectivity index (χ4v) is 0.818. The molecule has 1 aromatic heterocycles. The molecule has 0 radical (unpaired) electrons. The van der Waals surface area contributed by atoms with Gasteiger partial charge in [-0.3, -0.25) is 4.98 Å². The Morgan fingerprint density at radius 1 is 1.90 bits per heavy atom. The van der Waals surface area contributed by atoms with Crippen molar-refractivity contribution in [2.45, 2.75) is 6.54 Å². The summed E-state index contributed by atoms with van der Waals surface area (Å²) in [6, 6.07) is 3.26. The van der Waals surface area contributed by atoms with Gasteiger partial charge in [-0.1, -0.05) is 11.6 Å². The third-order valence-corrected chi connectivity index (χ3v) is 1.28. The van der Waals surface area contributed by atoms with E-state index in [-0.39, 0.29) is 6.54 Å². The fraction of sp³-hybridized carbons (Fsp3) is 0.286. The van der Waals surface area contributed by atoms with E-state index < -0.39 is 6.98 Å². The molecule has 1 heterocycles. The van der Waals surface area contributed by atoms with Gasteiger partial charge in [0, 0.05) is 21.9 Å². The molecule has 0 bridgehead atoms. The number of hydrogen-bond acceptors (Lipinski definition) is 2. The van der Waals surface area contributed by atoms with Gasteiger partial charge in [0.2, 0.25) is 0 Å². The number of hydrogen-bond donors (Lipinski definition) is 1. The van der Waals surface area contributed by atoms with Gasteiger partial charge in [0.15, 0.2) is 0 Å². The third kappa shape index (κ3) is 1.97. The van der Waals surface area contributed by atoms with Crippen molar-refractivity contribution in [2.24, 2.45) is 0 Å². The van der Waals surface area contributed by atoms with Crippen LogP contribution in [0.25, 0.3) is 0 Å². The topological polar surface area (TPSA) is 24.9 Å². The molecule has 0 aliphatic carbocycles. The molecule has 1 rings (SSSR count). The van der Waals surface area contributed by atoms with Crippen molar-refractivity contribution in [1.82, 2.24) is 10.3 Å². The summed E-state index contributed by atoms with van der Waals surface area (Å²) in [5.41, 5.74) is 0.614. The van der Waals surface area contributed by atoms with Crippen LogP contribution in [-0.2, 0) is 6.54 Å². The van der Waals surface area contributed by atoms with E-state index in [1.54, 1.807) is 18.3 Å². The Kier molecular flexibility index (Phi) is 1.53. The second-order valence-corrected chi connectivity index (χ2v) is 2.26. The predicted octanol–water partition coefficient (Wildman–Crippen LogP) is 1.45. The summed E-state index contributed by atoms with van der Waals surface area (Å²) in [6.07, 6.45) is 1.54. The van der Waals surface area contributed by atoms with Gasteiger partial charge < -0.3 is 5.32 Å². The third-order valence-electron chi connectivity index (χ3n) is 1.05. The zero-order valence-electron chi connectivity index (χ0n) is 8.26. The maximum absolute atomic E-state index is 6.90. The van der Waals surface area contributed by atoms with E-state index in [0.717, 1.165) is 0 Å². The van der Waals surface area contributed by atoms with E-state index in [4.69, 9.17) is 15.7 Å². The average Bonchev–Trinajstić information content (AvgIpc) is 2.00. The molecule has 0 amide bonds. The summed E-state index contributed by atoms with van der Waals surface area (Å²) in [6.45, 7) is -1.94. The summed E-state index contributed by atoms with van der Waals surface area (Å²) in [4.78, 5) is 3.95. The SMILES string of the molecule is [2H]C([2H])([2H])NCc1cc(Cl)ccn1.